The Labute approximate surface area is 234 Å². The van der Waals surface area contributed by atoms with Crippen molar-refractivity contribution in [2.45, 2.75) is 64.0 Å². The Bertz CT molecular complexity index is 1240. The van der Waals surface area contributed by atoms with Gasteiger partial charge in [0.25, 0.3) is 20.4 Å². The summed E-state index contributed by atoms with van der Waals surface area (Å²) in [6.45, 7) is 5.65. The average molecular weight is 599 g/mol. The minimum Gasteiger partial charge on any atom is -0.244 e. The van der Waals surface area contributed by atoms with Gasteiger partial charge in [-0.1, -0.05) is 42.5 Å². The van der Waals surface area contributed by atoms with Crippen molar-refractivity contribution in [1.29, 1.82) is 0 Å². The summed E-state index contributed by atoms with van der Waals surface area (Å²) in [5.41, 5.74) is -1.71. The molecule has 39 heavy (non-hydrogen) atoms. The molecule has 2 atom stereocenters. The molecule has 2 aromatic rings. The molecule has 2 rings (SSSR count). The zero-order valence-corrected chi connectivity index (χ0v) is 25.4. The second-order valence-corrected chi connectivity index (χ2v) is 14.2. The van der Waals surface area contributed by atoms with Crippen molar-refractivity contribution in [2.75, 3.05) is 28.2 Å². The number of hydrogen-bond acceptors (Lipinski definition) is 4. The Hall–Kier alpha value is -2.03. The fourth-order valence-corrected chi connectivity index (χ4v) is 5.45. The number of rotatable bonds is 12. The highest BCUT2D eigenvalue weighted by Gasteiger charge is 2.33. The molecule has 0 bridgehead atoms. The maximum absolute atomic E-state index is 13.9. The quantitative estimate of drug-likeness (QED) is 0.353. The van der Waals surface area contributed by atoms with Crippen LogP contribution in [0.2, 0.25) is 0 Å². The zero-order valence-electron chi connectivity index (χ0n) is 23.7. The third kappa shape index (κ3) is 11.5. The van der Waals surface area contributed by atoms with Crippen LogP contribution in [0, 0.1) is 5.82 Å². The molecule has 8 nitrogen and oxygen atoms in total. The van der Waals surface area contributed by atoms with Gasteiger partial charge in [-0.3, -0.25) is 0 Å². The van der Waals surface area contributed by atoms with Gasteiger partial charge in [-0.2, -0.15) is 25.4 Å². The molecule has 2 aromatic carbocycles. The lowest BCUT2D eigenvalue weighted by Crippen LogP contribution is -2.40. The lowest BCUT2D eigenvalue weighted by atomic mass is 9.95. The SMILES string of the molecule is CNS(=O)(=O)N(C)C(CC(C)(C)F)c1ccc(F)cc1.CNS(=O)(=O)N(C)C(CC(C)(C)F)c1ccccc1.[HH].[HH]. The fraction of sp³-hybridized carbons (Fsp3) is 0.538. The molecule has 0 aliphatic heterocycles. The molecule has 0 spiro atoms. The van der Waals surface area contributed by atoms with Crippen LogP contribution in [0.15, 0.2) is 54.6 Å². The summed E-state index contributed by atoms with van der Waals surface area (Å²) in [4.78, 5) is 0. The Morgan fingerprint density at radius 1 is 0.718 bits per heavy atom. The topological polar surface area (TPSA) is 98.8 Å². The van der Waals surface area contributed by atoms with Crippen LogP contribution >= 0.6 is 0 Å². The molecule has 226 valence electrons. The molecular weight excluding hydrogens is 553 g/mol. The summed E-state index contributed by atoms with van der Waals surface area (Å²) in [6.07, 6.45) is 0.0600. The van der Waals surface area contributed by atoms with Crippen molar-refractivity contribution in [3.63, 3.8) is 0 Å². The predicted molar refractivity (Wildman–Crippen MR) is 154 cm³/mol. The molecule has 2 N–H and O–H groups in total. The normalized spacial score (nSPS) is 14.6. The van der Waals surface area contributed by atoms with Gasteiger partial charge in [-0.15, -0.1) is 0 Å². The predicted octanol–water partition coefficient (Wildman–Crippen LogP) is 5.15. The average Bonchev–Trinajstić information content (AvgIpc) is 2.85. The summed E-state index contributed by atoms with van der Waals surface area (Å²) in [5.74, 6) is -0.425. The molecule has 0 fully saturated rings. The third-order valence-corrected chi connectivity index (χ3v) is 9.01. The second kappa shape index (κ2) is 14.0. The van der Waals surface area contributed by atoms with Crippen LogP contribution in [0.4, 0.5) is 13.2 Å². The van der Waals surface area contributed by atoms with Gasteiger partial charge in [0.15, 0.2) is 0 Å². The van der Waals surface area contributed by atoms with Gasteiger partial charge in [0.1, 0.15) is 17.2 Å². The molecule has 0 saturated heterocycles. The van der Waals surface area contributed by atoms with E-state index in [0.717, 1.165) is 9.87 Å². The van der Waals surface area contributed by atoms with Crippen molar-refractivity contribution in [2.24, 2.45) is 0 Å². The van der Waals surface area contributed by atoms with Gasteiger partial charge < -0.3 is 0 Å². The highest BCUT2D eigenvalue weighted by atomic mass is 32.2. The molecule has 0 radical (unpaired) electrons. The molecule has 0 heterocycles. The van der Waals surface area contributed by atoms with Gasteiger partial charge in [-0.05, 0) is 51.0 Å². The van der Waals surface area contributed by atoms with E-state index in [0.29, 0.717) is 5.56 Å². The van der Waals surface area contributed by atoms with Crippen LogP contribution in [-0.2, 0) is 20.4 Å². The Morgan fingerprint density at radius 2 is 1.05 bits per heavy atom. The lowest BCUT2D eigenvalue weighted by Gasteiger charge is -2.30. The minimum absolute atomic E-state index is 0. The second-order valence-electron chi connectivity index (χ2n) is 10.3. The summed E-state index contributed by atoms with van der Waals surface area (Å²) in [6, 6.07) is 13.2. The highest BCUT2D eigenvalue weighted by molar-refractivity contribution is 7.87. The third-order valence-electron chi connectivity index (χ3n) is 5.95. The van der Waals surface area contributed by atoms with Gasteiger partial charge in [-0.25, -0.2) is 22.6 Å². The molecule has 0 aliphatic carbocycles. The summed E-state index contributed by atoms with van der Waals surface area (Å²) in [5, 5.41) is 0. The van der Waals surface area contributed by atoms with Crippen molar-refractivity contribution >= 4 is 20.4 Å². The number of hydrogen-bond donors (Lipinski definition) is 2. The molecule has 0 saturated carbocycles. The Morgan fingerprint density at radius 3 is 1.36 bits per heavy atom. The van der Waals surface area contributed by atoms with Gasteiger partial charge >= 0.3 is 0 Å². The molecular formula is C26H45F3N4O4S2. The Balaban J connectivity index is 0. The fourth-order valence-electron chi connectivity index (χ4n) is 3.82. The smallest absolute Gasteiger partial charge is 0.244 e. The van der Waals surface area contributed by atoms with Gasteiger partial charge in [0, 0.05) is 43.9 Å². The van der Waals surface area contributed by atoms with Crippen molar-refractivity contribution < 1.29 is 32.9 Å². The van der Waals surface area contributed by atoms with Crippen LogP contribution < -0.4 is 9.44 Å². The summed E-state index contributed by atoms with van der Waals surface area (Å²) >= 11 is 0. The standard InChI is InChI=1S/C13H20F2N2O2S.C13H21FN2O2S.2H2/c1-13(2,15)9-12(17(4)20(18,19)16-3)10-5-7-11(14)8-6-10;1-13(2,14)10-12(11-8-6-5-7-9-11)16(4)19(17,18)15-3;;/h5-8,12,16H,9H2,1-4H3;5-9,12,15H,10H2,1-4H3;2*1H. The first kappa shape index (κ1) is 35.0. The number of halogens is 3. The van der Waals surface area contributed by atoms with E-state index in [9.17, 15) is 30.0 Å². The van der Waals surface area contributed by atoms with Gasteiger partial charge in [0.05, 0.1) is 12.1 Å². The van der Waals surface area contributed by atoms with Crippen LogP contribution in [0.5, 0.6) is 0 Å². The molecule has 0 amide bonds. The van der Waals surface area contributed by atoms with E-state index >= 15 is 0 Å². The number of nitrogens with zero attached hydrogens (tertiary/aromatic N) is 2. The molecule has 13 heteroatoms. The van der Waals surface area contributed by atoms with Gasteiger partial charge in [0.2, 0.25) is 0 Å². The molecule has 0 aromatic heterocycles. The monoisotopic (exact) mass is 598 g/mol. The first-order valence-electron chi connectivity index (χ1n) is 12.3. The van der Waals surface area contributed by atoms with Crippen LogP contribution in [0.3, 0.4) is 0 Å². The minimum atomic E-state index is -3.71. The van der Waals surface area contributed by atoms with Crippen LogP contribution in [0.1, 0.15) is 66.6 Å². The molecule has 2 unspecified atom stereocenters. The van der Waals surface area contributed by atoms with Crippen molar-refractivity contribution in [1.82, 2.24) is 18.1 Å². The molecule has 0 aliphatic rings. The van der Waals surface area contributed by atoms with E-state index in [1.165, 1.54) is 84.5 Å². The van der Waals surface area contributed by atoms with E-state index in [1.54, 1.807) is 12.1 Å². The lowest BCUT2D eigenvalue weighted by molar-refractivity contribution is 0.158. The number of alkyl halides is 2. The largest absolute Gasteiger partial charge is 0.279 e. The number of benzene rings is 2. The van der Waals surface area contributed by atoms with E-state index in [2.05, 4.69) is 9.44 Å². The Kier molecular flexibility index (Phi) is 12.6. The van der Waals surface area contributed by atoms with E-state index in [1.807, 2.05) is 18.2 Å². The van der Waals surface area contributed by atoms with E-state index < -0.39 is 49.7 Å². The highest BCUT2D eigenvalue weighted by Crippen LogP contribution is 2.33. The first-order valence-corrected chi connectivity index (χ1v) is 15.1. The van der Waals surface area contributed by atoms with Crippen molar-refractivity contribution in [3.8, 4) is 0 Å². The maximum atomic E-state index is 13.9. The zero-order chi connectivity index (χ0) is 30.2. The van der Waals surface area contributed by atoms with Crippen LogP contribution in [-0.4, -0.2) is 65.0 Å². The van der Waals surface area contributed by atoms with Crippen molar-refractivity contribution in [3.05, 3.63) is 71.5 Å². The first-order chi connectivity index (χ1) is 17.7. The van der Waals surface area contributed by atoms with E-state index in [4.69, 9.17) is 0 Å². The number of nitrogens with one attached hydrogen (secondary N) is 2. The van der Waals surface area contributed by atoms with E-state index in [-0.39, 0.29) is 15.7 Å². The summed E-state index contributed by atoms with van der Waals surface area (Å²) < 4.78 is 95.1. The van der Waals surface area contributed by atoms with Crippen LogP contribution in [0.25, 0.3) is 0 Å². The maximum Gasteiger partial charge on any atom is 0.279 e. The summed E-state index contributed by atoms with van der Waals surface area (Å²) in [7, 11) is -1.86.